The topological polar surface area (TPSA) is 85.2 Å². The molecule has 0 unspecified atom stereocenters. The van der Waals surface area contributed by atoms with E-state index < -0.39 is 11.7 Å². The highest BCUT2D eigenvalue weighted by atomic mass is 16.5. The van der Waals surface area contributed by atoms with Gasteiger partial charge in [-0.3, -0.25) is 9.59 Å². The molecule has 0 radical (unpaired) electrons. The molecular formula is C16H12N2O3. The highest BCUT2D eigenvalue weighted by molar-refractivity contribution is 6.44. The number of Topliss-reactive ketones (excluding diaryl/α,β-unsaturated/α-hetero) is 1. The number of rotatable bonds is 4. The molecule has 2 aromatic carbocycles. The van der Waals surface area contributed by atoms with E-state index in [1.165, 1.54) is 6.20 Å². The number of hydrogen-bond donors (Lipinski definition) is 2. The number of ether oxygens (including phenoxy) is 1. The van der Waals surface area contributed by atoms with Crippen molar-refractivity contribution in [2.24, 2.45) is 5.73 Å². The van der Waals surface area contributed by atoms with E-state index in [0.717, 1.165) is 5.52 Å². The number of amides is 1. The van der Waals surface area contributed by atoms with Gasteiger partial charge >= 0.3 is 0 Å². The fourth-order valence-electron chi connectivity index (χ4n) is 2.11. The highest BCUT2D eigenvalue weighted by Gasteiger charge is 2.17. The summed E-state index contributed by atoms with van der Waals surface area (Å²) in [6.45, 7) is 0. The van der Waals surface area contributed by atoms with Crippen LogP contribution in [0.3, 0.4) is 0 Å². The molecule has 3 rings (SSSR count). The molecule has 0 atom stereocenters. The number of fused-ring (bicyclic) bond motifs is 1. The van der Waals surface area contributed by atoms with Crippen molar-refractivity contribution in [1.82, 2.24) is 4.98 Å². The first kappa shape index (κ1) is 12.9. The number of nitrogens with one attached hydrogen (secondary N) is 1. The molecule has 3 N–H and O–H groups in total. The lowest BCUT2D eigenvalue weighted by atomic mass is 10.1. The number of aromatic nitrogens is 1. The molecule has 0 aliphatic carbocycles. The zero-order valence-corrected chi connectivity index (χ0v) is 11.0. The van der Waals surface area contributed by atoms with Gasteiger partial charge in [0.15, 0.2) is 0 Å². The van der Waals surface area contributed by atoms with Crippen LogP contribution in [0.2, 0.25) is 0 Å². The molecule has 0 fully saturated rings. The maximum absolute atomic E-state index is 11.8. The summed E-state index contributed by atoms with van der Waals surface area (Å²) in [5, 5.41) is 0.604. The van der Waals surface area contributed by atoms with E-state index in [4.69, 9.17) is 10.5 Å². The summed E-state index contributed by atoms with van der Waals surface area (Å²) in [6.07, 6.45) is 1.48. The van der Waals surface area contributed by atoms with Crippen molar-refractivity contribution in [2.45, 2.75) is 0 Å². The zero-order valence-electron chi connectivity index (χ0n) is 11.0. The maximum Gasteiger partial charge on any atom is 0.289 e. The van der Waals surface area contributed by atoms with Crippen molar-refractivity contribution in [3.63, 3.8) is 0 Å². The van der Waals surface area contributed by atoms with Crippen LogP contribution in [0.5, 0.6) is 11.5 Å². The zero-order chi connectivity index (χ0) is 14.8. The van der Waals surface area contributed by atoms with Crippen molar-refractivity contribution in [3.8, 4) is 11.5 Å². The van der Waals surface area contributed by atoms with E-state index >= 15 is 0 Å². The predicted octanol–water partition coefficient (Wildman–Crippen LogP) is 2.63. The molecule has 0 aliphatic heterocycles. The molecule has 0 aliphatic rings. The molecule has 0 bridgehead atoms. The van der Waals surface area contributed by atoms with Gasteiger partial charge in [0.25, 0.3) is 11.7 Å². The van der Waals surface area contributed by atoms with Gasteiger partial charge in [0.2, 0.25) is 0 Å². The number of carbonyl (C=O) groups excluding carboxylic acids is 2. The van der Waals surface area contributed by atoms with E-state index in [9.17, 15) is 9.59 Å². The summed E-state index contributed by atoms with van der Waals surface area (Å²) >= 11 is 0. The highest BCUT2D eigenvalue weighted by Crippen LogP contribution is 2.27. The van der Waals surface area contributed by atoms with Crippen LogP contribution in [-0.4, -0.2) is 16.7 Å². The Morgan fingerprint density at radius 2 is 1.76 bits per heavy atom. The second-order valence-electron chi connectivity index (χ2n) is 4.52. The van der Waals surface area contributed by atoms with Crippen LogP contribution in [0.25, 0.3) is 10.9 Å². The summed E-state index contributed by atoms with van der Waals surface area (Å²) in [5.74, 6) is -0.439. The fourth-order valence-corrected chi connectivity index (χ4v) is 2.11. The Morgan fingerprint density at radius 1 is 1.00 bits per heavy atom. The first-order valence-electron chi connectivity index (χ1n) is 6.33. The molecule has 21 heavy (non-hydrogen) atoms. The van der Waals surface area contributed by atoms with Gasteiger partial charge in [-0.25, -0.2) is 0 Å². The van der Waals surface area contributed by atoms with Crippen molar-refractivity contribution in [3.05, 3.63) is 60.3 Å². The third-order valence-electron chi connectivity index (χ3n) is 3.10. The molecule has 1 aromatic heterocycles. The third kappa shape index (κ3) is 2.49. The number of nitrogens with two attached hydrogens (primary N) is 1. The average molecular weight is 280 g/mol. The molecule has 0 saturated heterocycles. The van der Waals surface area contributed by atoms with Crippen LogP contribution < -0.4 is 10.5 Å². The molecule has 104 valence electrons. The van der Waals surface area contributed by atoms with E-state index in [1.807, 2.05) is 30.3 Å². The second kappa shape index (κ2) is 5.13. The molecular weight excluding hydrogens is 268 g/mol. The fraction of sp³-hybridized carbons (Fsp3) is 0. The van der Waals surface area contributed by atoms with E-state index in [-0.39, 0.29) is 5.56 Å². The number of H-pyrrole nitrogens is 1. The summed E-state index contributed by atoms with van der Waals surface area (Å²) in [6, 6.07) is 14.6. The smallest absolute Gasteiger partial charge is 0.289 e. The van der Waals surface area contributed by atoms with Crippen LogP contribution in [0.4, 0.5) is 0 Å². The number of carbonyl (C=O) groups is 2. The molecule has 3 aromatic rings. The first-order valence-corrected chi connectivity index (χ1v) is 6.33. The van der Waals surface area contributed by atoms with Gasteiger partial charge in [-0.05, 0) is 30.3 Å². The van der Waals surface area contributed by atoms with Crippen LogP contribution in [0.15, 0.2) is 54.7 Å². The number of ketones is 1. The third-order valence-corrected chi connectivity index (χ3v) is 3.10. The van der Waals surface area contributed by atoms with Gasteiger partial charge in [-0.1, -0.05) is 18.2 Å². The normalized spacial score (nSPS) is 10.5. The van der Waals surface area contributed by atoms with Gasteiger partial charge in [-0.2, -0.15) is 0 Å². The molecule has 0 spiro atoms. The summed E-state index contributed by atoms with van der Waals surface area (Å²) in [7, 11) is 0. The first-order chi connectivity index (χ1) is 10.1. The minimum absolute atomic E-state index is 0.246. The van der Waals surface area contributed by atoms with Crippen LogP contribution in [-0.2, 0) is 4.79 Å². The molecule has 5 nitrogen and oxygen atoms in total. The lowest BCUT2D eigenvalue weighted by molar-refractivity contribution is -0.114. The SMILES string of the molecule is NC(=O)C(=O)c1c[nH]c2ccc(Oc3ccccc3)cc12. The number of hydrogen-bond acceptors (Lipinski definition) is 3. The molecule has 0 saturated carbocycles. The Labute approximate surface area is 120 Å². The standard InChI is InChI=1S/C16H12N2O3/c17-16(20)15(19)13-9-18-14-7-6-11(8-12(13)14)21-10-4-2-1-3-5-10/h1-9,18H,(H2,17,20). The number of aromatic amines is 1. The summed E-state index contributed by atoms with van der Waals surface area (Å²) in [4.78, 5) is 25.7. The summed E-state index contributed by atoms with van der Waals surface area (Å²) < 4.78 is 5.71. The Balaban J connectivity index is 2.01. The van der Waals surface area contributed by atoms with E-state index in [0.29, 0.717) is 16.9 Å². The molecule has 1 heterocycles. The minimum atomic E-state index is -0.981. The molecule has 1 amide bonds. The number of primary amides is 1. The lowest BCUT2D eigenvalue weighted by Crippen LogP contribution is -2.22. The van der Waals surface area contributed by atoms with Crippen LogP contribution in [0.1, 0.15) is 10.4 Å². The van der Waals surface area contributed by atoms with Gasteiger partial charge in [0, 0.05) is 17.1 Å². The average Bonchev–Trinajstić information content (AvgIpc) is 2.90. The van der Waals surface area contributed by atoms with Gasteiger partial charge in [0.05, 0.1) is 5.56 Å². The summed E-state index contributed by atoms with van der Waals surface area (Å²) in [5.41, 5.74) is 6.03. The molecule has 5 heteroatoms. The van der Waals surface area contributed by atoms with Gasteiger partial charge < -0.3 is 15.5 Å². The van der Waals surface area contributed by atoms with Gasteiger partial charge in [-0.15, -0.1) is 0 Å². The Bertz CT molecular complexity index is 822. The minimum Gasteiger partial charge on any atom is -0.457 e. The van der Waals surface area contributed by atoms with Crippen LogP contribution in [0, 0.1) is 0 Å². The largest absolute Gasteiger partial charge is 0.457 e. The van der Waals surface area contributed by atoms with Crippen LogP contribution >= 0.6 is 0 Å². The maximum atomic E-state index is 11.8. The van der Waals surface area contributed by atoms with E-state index in [2.05, 4.69) is 4.98 Å². The Hall–Kier alpha value is -3.08. The number of para-hydroxylation sites is 1. The monoisotopic (exact) mass is 280 g/mol. The van der Waals surface area contributed by atoms with Crippen molar-refractivity contribution >= 4 is 22.6 Å². The van der Waals surface area contributed by atoms with Crippen molar-refractivity contribution < 1.29 is 14.3 Å². The van der Waals surface area contributed by atoms with Crippen molar-refractivity contribution in [1.29, 1.82) is 0 Å². The van der Waals surface area contributed by atoms with E-state index in [1.54, 1.807) is 18.2 Å². The lowest BCUT2D eigenvalue weighted by Gasteiger charge is -2.05. The van der Waals surface area contributed by atoms with Gasteiger partial charge in [0.1, 0.15) is 11.5 Å². The predicted molar refractivity (Wildman–Crippen MR) is 78.3 cm³/mol. The second-order valence-corrected chi connectivity index (χ2v) is 4.52. The number of benzene rings is 2. The quantitative estimate of drug-likeness (QED) is 0.569. The van der Waals surface area contributed by atoms with Crippen molar-refractivity contribution in [2.75, 3.05) is 0 Å². The Kier molecular flexibility index (Phi) is 3.16. The Morgan fingerprint density at radius 3 is 2.48 bits per heavy atom.